The van der Waals surface area contributed by atoms with E-state index in [-0.39, 0.29) is 22.1 Å². The lowest BCUT2D eigenvalue weighted by Gasteiger charge is -2.14. The molecule has 0 aliphatic rings. The molecule has 10 heteroatoms. The lowest BCUT2D eigenvalue weighted by Crippen LogP contribution is -2.31. The van der Waals surface area contributed by atoms with Gasteiger partial charge in [-0.05, 0) is 37.3 Å². The third kappa shape index (κ3) is 5.93. The van der Waals surface area contributed by atoms with Gasteiger partial charge in [0.2, 0.25) is 0 Å². The molecule has 8 nitrogen and oxygen atoms in total. The summed E-state index contributed by atoms with van der Waals surface area (Å²) in [6.07, 6.45) is -1.20. The molecule has 1 amide bonds. The molecule has 1 N–H and O–H groups in total. The first-order valence-corrected chi connectivity index (χ1v) is 7.96. The number of rotatable bonds is 7. The van der Waals surface area contributed by atoms with Gasteiger partial charge in [0.25, 0.3) is 11.6 Å². The van der Waals surface area contributed by atoms with Gasteiger partial charge in [0.05, 0.1) is 10.6 Å². The summed E-state index contributed by atoms with van der Waals surface area (Å²) in [4.78, 5) is 33.7. The number of nitrogens with zero attached hydrogens (tertiary/aromatic N) is 1. The van der Waals surface area contributed by atoms with Crippen molar-refractivity contribution in [2.75, 3.05) is 11.9 Å². The lowest BCUT2D eigenvalue weighted by molar-refractivity contribution is -0.384. The molecule has 1 atom stereocenters. The average Bonchev–Trinajstić information content (AvgIpc) is 2.62. The highest BCUT2D eigenvalue weighted by atomic mass is 35.5. The van der Waals surface area contributed by atoms with E-state index in [4.69, 9.17) is 21.1 Å². The van der Waals surface area contributed by atoms with Gasteiger partial charge in [-0.3, -0.25) is 14.9 Å². The Labute approximate surface area is 158 Å². The number of halogens is 2. The molecule has 0 saturated heterocycles. The monoisotopic (exact) mass is 396 g/mol. The second-order valence-electron chi connectivity index (χ2n) is 5.29. The Balaban J connectivity index is 1.83. The van der Waals surface area contributed by atoms with E-state index in [1.165, 1.54) is 43.3 Å². The number of hydrogen-bond acceptors (Lipinski definition) is 6. The molecule has 0 spiro atoms. The first kappa shape index (κ1) is 20.1. The van der Waals surface area contributed by atoms with Crippen LogP contribution in [0, 0.1) is 15.9 Å². The zero-order valence-electron chi connectivity index (χ0n) is 14.0. The second kappa shape index (κ2) is 8.95. The van der Waals surface area contributed by atoms with E-state index < -0.39 is 35.3 Å². The van der Waals surface area contributed by atoms with Crippen LogP contribution in [0.4, 0.5) is 15.8 Å². The van der Waals surface area contributed by atoms with E-state index in [1.807, 2.05) is 0 Å². The smallest absolute Gasteiger partial charge is 0.344 e. The predicted octanol–water partition coefficient (Wildman–Crippen LogP) is 3.34. The van der Waals surface area contributed by atoms with Crippen molar-refractivity contribution in [3.8, 4) is 5.75 Å². The number of ether oxygens (including phenoxy) is 2. The summed E-state index contributed by atoms with van der Waals surface area (Å²) in [5.74, 6) is -2.08. The number of benzene rings is 2. The molecule has 0 radical (unpaired) electrons. The third-order valence-corrected chi connectivity index (χ3v) is 3.51. The van der Waals surface area contributed by atoms with Gasteiger partial charge in [0.1, 0.15) is 11.6 Å². The van der Waals surface area contributed by atoms with Crippen molar-refractivity contribution in [3.63, 3.8) is 0 Å². The van der Waals surface area contributed by atoms with Crippen LogP contribution >= 0.6 is 11.6 Å². The Bertz CT molecular complexity index is 859. The topological polar surface area (TPSA) is 108 Å². The van der Waals surface area contributed by atoms with E-state index in [0.29, 0.717) is 0 Å². The number of anilines is 1. The van der Waals surface area contributed by atoms with Gasteiger partial charge < -0.3 is 14.8 Å². The average molecular weight is 397 g/mol. The first-order chi connectivity index (χ1) is 12.8. The number of nitro benzene ring substituents is 1. The van der Waals surface area contributed by atoms with Crippen LogP contribution < -0.4 is 10.1 Å². The van der Waals surface area contributed by atoms with Gasteiger partial charge in [0.15, 0.2) is 12.7 Å². The number of amides is 1. The fourth-order valence-electron chi connectivity index (χ4n) is 1.92. The largest absolute Gasteiger partial charge is 0.482 e. The number of non-ortho nitro benzene ring substituents is 1. The quantitative estimate of drug-likeness (QED) is 0.437. The van der Waals surface area contributed by atoms with Crippen molar-refractivity contribution < 1.29 is 28.4 Å². The van der Waals surface area contributed by atoms with Crippen molar-refractivity contribution in [2.45, 2.75) is 13.0 Å². The molecule has 0 bridgehead atoms. The standard InChI is InChI=1S/C17H14ClFN2O6/c1-10(17(23)20-15-7-2-11(18)8-14(15)19)27-16(22)9-26-13-5-3-12(4-6-13)21(24)25/h2-8,10H,9H2,1H3,(H,20,23)/t10-/m1/s1. The summed E-state index contributed by atoms with van der Waals surface area (Å²) >= 11 is 5.62. The number of nitrogens with one attached hydrogen (secondary N) is 1. The highest BCUT2D eigenvalue weighted by molar-refractivity contribution is 6.30. The SMILES string of the molecule is C[C@@H](OC(=O)COc1ccc([N+](=O)[O-])cc1)C(=O)Nc1ccc(Cl)cc1F. The van der Waals surface area contributed by atoms with Crippen LogP contribution in [0.2, 0.25) is 5.02 Å². The maximum atomic E-state index is 13.7. The highest BCUT2D eigenvalue weighted by Gasteiger charge is 2.19. The molecule has 27 heavy (non-hydrogen) atoms. The molecule has 0 aromatic heterocycles. The van der Waals surface area contributed by atoms with Gasteiger partial charge in [-0.15, -0.1) is 0 Å². The molecular weight excluding hydrogens is 383 g/mol. The molecule has 142 valence electrons. The number of nitro groups is 1. The van der Waals surface area contributed by atoms with Gasteiger partial charge in [0, 0.05) is 17.2 Å². The Morgan fingerprint density at radius 2 is 1.93 bits per heavy atom. The van der Waals surface area contributed by atoms with E-state index >= 15 is 0 Å². The minimum atomic E-state index is -1.20. The zero-order valence-corrected chi connectivity index (χ0v) is 14.7. The molecule has 2 aromatic carbocycles. The molecule has 0 fully saturated rings. The minimum Gasteiger partial charge on any atom is -0.482 e. The number of carbonyl (C=O) groups excluding carboxylic acids is 2. The first-order valence-electron chi connectivity index (χ1n) is 7.59. The van der Waals surface area contributed by atoms with Gasteiger partial charge >= 0.3 is 5.97 Å². The third-order valence-electron chi connectivity index (χ3n) is 3.27. The maximum Gasteiger partial charge on any atom is 0.344 e. The van der Waals surface area contributed by atoms with E-state index in [0.717, 1.165) is 6.07 Å². The van der Waals surface area contributed by atoms with Crippen molar-refractivity contribution in [1.82, 2.24) is 0 Å². The lowest BCUT2D eigenvalue weighted by atomic mass is 10.3. The van der Waals surface area contributed by atoms with Crippen molar-refractivity contribution >= 4 is 34.9 Å². The van der Waals surface area contributed by atoms with Crippen LogP contribution in [0.15, 0.2) is 42.5 Å². The molecule has 0 aliphatic heterocycles. The van der Waals surface area contributed by atoms with Gasteiger partial charge in [-0.25, -0.2) is 9.18 Å². The predicted molar refractivity (Wildman–Crippen MR) is 94.2 cm³/mol. The zero-order chi connectivity index (χ0) is 20.0. The van der Waals surface area contributed by atoms with Crippen LogP contribution in [0.25, 0.3) is 0 Å². The van der Waals surface area contributed by atoms with E-state index in [1.54, 1.807) is 0 Å². The van der Waals surface area contributed by atoms with Crippen LogP contribution in [0.5, 0.6) is 5.75 Å². The number of esters is 1. The van der Waals surface area contributed by atoms with Crippen molar-refractivity contribution in [2.24, 2.45) is 0 Å². The summed E-state index contributed by atoms with van der Waals surface area (Å²) in [5.41, 5.74) is -0.223. The minimum absolute atomic E-state index is 0.102. The Hall–Kier alpha value is -3.20. The van der Waals surface area contributed by atoms with Crippen molar-refractivity contribution in [1.29, 1.82) is 0 Å². The summed E-state index contributed by atoms with van der Waals surface area (Å²) in [7, 11) is 0. The maximum absolute atomic E-state index is 13.7. The number of carbonyl (C=O) groups is 2. The van der Waals surface area contributed by atoms with Crippen LogP contribution in [-0.2, 0) is 14.3 Å². The number of hydrogen-bond donors (Lipinski definition) is 1. The molecular formula is C17H14ClFN2O6. The Kier molecular flexibility index (Phi) is 6.67. The molecule has 2 aromatic rings. The molecule has 2 rings (SSSR count). The summed E-state index contributed by atoms with van der Waals surface area (Å²) in [6, 6.07) is 8.80. The summed E-state index contributed by atoms with van der Waals surface area (Å²) < 4.78 is 23.7. The van der Waals surface area contributed by atoms with Crippen molar-refractivity contribution in [3.05, 3.63) is 63.4 Å². The summed E-state index contributed by atoms with van der Waals surface area (Å²) in [6.45, 7) is 0.803. The Morgan fingerprint density at radius 1 is 1.26 bits per heavy atom. The fourth-order valence-corrected chi connectivity index (χ4v) is 2.08. The molecule has 0 saturated carbocycles. The normalized spacial score (nSPS) is 11.4. The van der Waals surface area contributed by atoms with Crippen LogP contribution in [0.3, 0.4) is 0 Å². The molecule has 0 heterocycles. The van der Waals surface area contributed by atoms with E-state index in [2.05, 4.69) is 5.32 Å². The fraction of sp³-hybridized carbons (Fsp3) is 0.176. The highest BCUT2D eigenvalue weighted by Crippen LogP contribution is 2.19. The van der Waals surface area contributed by atoms with Crippen LogP contribution in [0.1, 0.15) is 6.92 Å². The molecule has 0 unspecified atom stereocenters. The van der Waals surface area contributed by atoms with Gasteiger partial charge in [-0.1, -0.05) is 11.6 Å². The van der Waals surface area contributed by atoms with E-state index in [9.17, 15) is 24.1 Å². The Morgan fingerprint density at radius 3 is 2.52 bits per heavy atom. The van der Waals surface area contributed by atoms with Gasteiger partial charge in [-0.2, -0.15) is 0 Å². The summed E-state index contributed by atoms with van der Waals surface area (Å²) in [5, 5.41) is 13.0. The second-order valence-corrected chi connectivity index (χ2v) is 5.72. The molecule has 0 aliphatic carbocycles. The van der Waals surface area contributed by atoms with Crippen LogP contribution in [-0.4, -0.2) is 29.5 Å².